The summed E-state index contributed by atoms with van der Waals surface area (Å²) in [6.45, 7) is 0.940. The fraction of sp³-hybridized carbons (Fsp3) is 0.500. The Hall–Kier alpha value is -3.17. The molecule has 1 aliphatic carbocycles. The average Bonchev–Trinajstić information content (AvgIpc) is 3.12. The van der Waals surface area contributed by atoms with E-state index in [1.165, 1.54) is 22.7 Å². The number of amides is 1. The number of anilines is 2. The number of H-pyrrole nitrogens is 1. The number of ether oxygens (including phenoxy) is 3. The topological polar surface area (TPSA) is 128 Å². The number of imidazole rings is 1. The Kier molecular flexibility index (Phi) is 6.16. The number of hydrogen-bond donors (Lipinski definition) is 3. The molecule has 5 rings (SSSR count). The lowest BCUT2D eigenvalue weighted by Crippen LogP contribution is -2.39. The van der Waals surface area contributed by atoms with Crippen molar-refractivity contribution in [2.24, 2.45) is 0 Å². The second-order valence-corrected chi connectivity index (χ2v) is 9.15. The van der Waals surface area contributed by atoms with Gasteiger partial charge >= 0.3 is 12.5 Å². The standard InChI is InChI=1S/C20H20ClF4N7O4/c1-19(2-3-19)29-18(33)36-11-8-34-16(15(11)22)10-4-13(31-30-10)28-17-27-12(21)5-14-26-9(6-32(14)17)7-35-20(23,24)25/h4-6,11,15-16H,2-3,7-8H2,1H3,(H,29,33)(H2,27,28,30,31)/t11-,15+,16-/m1/s1. The predicted molar refractivity (Wildman–Crippen MR) is 115 cm³/mol. The highest BCUT2D eigenvalue weighted by Crippen LogP contribution is 2.36. The average molecular weight is 534 g/mol. The summed E-state index contributed by atoms with van der Waals surface area (Å²) < 4.78 is 67.9. The summed E-state index contributed by atoms with van der Waals surface area (Å²) in [5.41, 5.74) is 0.184. The maximum Gasteiger partial charge on any atom is 0.522 e. The summed E-state index contributed by atoms with van der Waals surface area (Å²) in [7, 11) is 0. The zero-order chi connectivity index (χ0) is 25.7. The third-order valence-corrected chi connectivity index (χ3v) is 5.94. The molecule has 0 aromatic carbocycles. The van der Waals surface area contributed by atoms with Crippen LogP contribution >= 0.6 is 11.6 Å². The van der Waals surface area contributed by atoms with Crippen molar-refractivity contribution in [3.63, 3.8) is 0 Å². The van der Waals surface area contributed by atoms with Crippen LogP contribution in [0.2, 0.25) is 5.15 Å². The molecule has 1 saturated carbocycles. The number of alkyl halides is 4. The van der Waals surface area contributed by atoms with E-state index in [1.807, 2.05) is 6.92 Å². The molecule has 0 unspecified atom stereocenters. The Morgan fingerprint density at radius 2 is 2.14 bits per heavy atom. The van der Waals surface area contributed by atoms with E-state index >= 15 is 0 Å². The summed E-state index contributed by atoms with van der Waals surface area (Å²) in [5, 5.41) is 12.3. The number of aromatic amines is 1. The molecule has 4 heterocycles. The number of aromatic nitrogens is 5. The molecule has 0 spiro atoms. The second-order valence-electron chi connectivity index (χ2n) is 8.76. The minimum Gasteiger partial charge on any atom is -0.441 e. The summed E-state index contributed by atoms with van der Waals surface area (Å²) in [6, 6.07) is 2.82. The minimum atomic E-state index is -4.81. The zero-order valence-electron chi connectivity index (χ0n) is 18.6. The van der Waals surface area contributed by atoms with Gasteiger partial charge in [-0.15, -0.1) is 13.2 Å². The van der Waals surface area contributed by atoms with E-state index < -0.39 is 37.4 Å². The van der Waals surface area contributed by atoms with Crippen LogP contribution in [-0.2, 0) is 20.8 Å². The van der Waals surface area contributed by atoms with Crippen LogP contribution in [-0.4, -0.2) is 61.4 Å². The lowest BCUT2D eigenvalue weighted by Gasteiger charge is -2.17. The van der Waals surface area contributed by atoms with Crippen molar-refractivity contribution in [3.8, 4) is 0 Å². The van der Waals surface area contributed by atoms with Crippen LogP contribution in [0.3, 0.4) is 0 Å². The van der Waals surface area contributed by atoms with Crippen molar-refractivity contribution < 1.29 is 36.6 Å². The first kappa shape index (κ1) is 24.5. The number of carbonyl (C=O) groups is 1. The van der Waals surface area contributed by atoms with Gasteiger partial charge in [0.1, 0.15) is 16.9 Å². The van der Waals surface area contributed by atoms with Gasteiger partial charge in [-0.2, -0.15) is 5.10 Å². The van der Waals surface area contributed by atoms with Crippen LogP contribution < -0.4 is 10.6 Å². The monoisotopic (exact) mass is 533 g/mol. The quantitative estimate of drug-likeness (QED) is 0.308. The molecule has 0 radical (unpaired) electrons. The van der Waals surface area contributed by atoms with E-state index in [2.05, 4.69) is 35.5 Å². The highest BCUT2D eigenvalue weighted by Gasteiger charge is 2.44. The lowest BCUT2D eigenvalue weighted by molar-refractivity contribution is -0.330. The van der Waals surface area contributed by atoms with Crippen LogP contribution in [0.25, 0.3) is 5.65 Å². The molecule has 3 atom stereocenters. The molecule has 3 N–H and O–H groups in total. The van der Waals surface area contributed by atoms with Crippen molar-refractivity contribution >= 4 is 35.1 Å². The Balaban J connectivity index is 1.26. The van der Waals surface area contributed by atoms with Crippen LogP contribution in [0.15, 0.2) is 18.3 Å². The van der Waals surface area contributed by atoms with Gasteiger partial charge in [0.25, 0.3) is 0 Å². The Bertz CT molecular complexity index is 1280. The summed E-state index contributed by atoms with van der Waals surface area (Å²) in [6.07, 6.45) is -6.32. The van der Waals surface area contributed by atoms with Gasteiger partial charge in [0.2, 0.25) is 5.95 Å². The Labute approximate surface area is 205 Å². The fourth-order valence-corrected chi connectivity index (χ4v) is 3.83. The molecule has 194 valence electrons. The van der Waals surface area contributed by atoms with Crippen molar-refractivity contribution in [2.75, 3.05) is 11.9 Å². The van der Waals surface area contributed by atoms with E-state index in [-0.39, 0.29) is 46.1 Å². The van der Waals surface area contributed by atoms with E-state index in [0.717, 1.165) is 12.8 Å². The third-order valence-electron chi connectivity index (χ3n) is 5.75. The number of rotatable bonds is 7. The van der Waals surface area contributed by atoms with Crippen molar-refractivity contribution in [1.29, 1.82) is 0 Å². The van der Waals surface area contributed by atoms with Crippen LogP contribution in [0.4, 0.5) is 34.1 Å². The summed E-state index contributed by atoms with van der Waals surface area (Å²) >= 11 is 6.02. The highest BCUT2D eigenvalue weighted by atomic mass is 35.5. The molecule has 1 saturated heterocycles. The molecule has 36 heavy (non-hydrogen) atoms. The van der Waals surface area contributed by atoms with Crippen molar-refractivity contribution in [1.82, 2.24) is 29.9 Å². The smallest absolute Gasteiger partial charge is 0.441 e. The maximum absolute atomic E-state index is 15.0. The van der Waals surface area contributed by atoms with Gasteiger partial charge < -0.3 is 20.1 Å². The molecular weight excluding hydrogens is 514 g/mol. The van der Waals surface area contributed by atoms with Crippen molar-refractivity contribution in [3.05, 3.63) is 34.9 Å². The first-order chi connectivity index (χ1) is 17.0. The molecule has 3 aromatic rings. The van der Waals surface area contributed by atoms with Gasteiger partial charge in [0, 0.05) is 23.9 Å². The van der Waals surface area contributed by atoms with Gasteiger partial charge in [-0.3, -0.25) is 14.2 Å². The number of nitrogens with zero attached hydrogens (tertiary/aromatic N) is 4. The number of hydrogen-bond acceptors (Lipinski definition) is 8. The van der Waals surface area contributed by atoms with Gasteiger partial charge in [0.05, 0.1) is 24.6 Å². The number of carbonyl (C=O) groups excluding carboxylic acids is 1. The zero-order valence-corrected chi connectivity index (χ0v) is 19.4. The van der Waals surface area contributed by atoms with E-state index in [1.54, 1.807) is 0 Å². The van der Waals surface area contributed by atoms with Gasteiger partial charge in [-0.05, 0) is 19.8 Å². The van der Waals surface area contributed by atoms with Crippen molar-refractivity contribution in [2.45, 2.75) is 56.7 Å². The third kappa shape index (κ3) is 5.47. The molecule has 11 nitrogen and oxygen atoms in total. The van der Waals surface area contributed by atoms with E-state index in [9.17, 15) is 22.4 Å². The van der Waals surface area contributed by atoms with Crippen LogP contribution in [0.5, 0.6) is 0 Å². The first-order valence-corrected chi connectivity index (χ1v) is 11.2. The summed E-state index contributed by atoms with van der Waals surface area (Å²) in [5.74, 6) is 0.291. The molecular formula is C20H20ClF4N7O4. The Morgan fingerprint density at radius 1 is 1.36 bits per heavy atom. The maximum atomic E-state index is 15.0. The van der Waals surface area contributed by atoms with E-state index in [0.29, 0.717) is 0 Å². The lowest BCUT2D eigenvalue weighted by atomic mass is 10.1. The van der Waals surface area contributed by atoms with E-state index in [4.69, 9.17) is 21.1 Å². The van der Waals surface area contributed by atoms with Gasteiger partial charge in [-0.1, -0.05) is 11.6 Å². The molecule has 1 aliphatic heterocycles. The molecule has 3 aromatic heterocycles. The number of nitrogens with one attached hydrogen (secondary N) is 3. The van der Waals surface area contributed by atoms with Crippen LogP contribution in [0, 0.1) is 0 Å². The molecule has 2 aliphatic rings. The summed E-state index contributed by atoms with van der Waals surface area (Å²) in [4.78, 5) is 20.2. The second kappa shape index (κ2) is 9.05. The first-order valence-electron chi connectivity index (χ1n) is 10.8. The SMILES string of the molecule is CC1(NC(=O)O[C@@H]2CO[C@H](c3cc(Nc4nc(Cl)cc5nc(COC(F)(F)F)cn45)n[nH]3)[C@H]2F)CC1. The Morgan fingerprint density at radius 3 is 2.86 bits per heavy atom. The number of fused-ring (bicyclic) bond motifs is 1. The van der Waals surface area contributed by atoms with Gasteiger partial charge in [0.15, 0.2) is 18.1 Å². The van der Waals surface area contributed by atoms with Gasteiger partial charge in [-0.25, -0.2) is 19.2 Å². The van der Waals surface area contributed by atoms with Crippen LogP contribution in [0.1, 0.15) is 37.3 Å². The minimum absolute atomic E-state index is 0.00690. The fourth-order valence-electron chi connectivity index (χ4n) is 3.65. The normalized spacial score (nSPS) is 23.1. The molecule has 2 fully saturated rings. The predicted octanol–water partition coefficient (Wildman–Crippen LogP) is 3.94. The number of halogens is 5. The highest BCUT2D eigenvalue weighted by molar-refractivity contribution is 6.29. The molecule has 0 bridgehead atoms. The largest absolute Gasteiger partial charge is 0.522 e. The number of alkyl carbamates (subject to hydrolysis) is 1. The molecule has 16 heteroatoms. The molecule has 1 amide bonds.